The third-order valence-corrected chi connectivity index (χ3v) is 2.34. The molecule has 1 heterocycles. The zero-order valence-electron chi connectivity index (χ0n) is 6.48. The van der Waals surface area contributed by atoms with Crippen molar-refractivity contribution in [3.8, 4) is 0 Å². The van der Waals surface area contributed by atoms with Crippen LogP contribution in [0.25, 0.3) is 0 Å². The van der Waals surface area contributed by atoms with Crippen molar-refractivity contribution in [1.29, 1.82) is 0 Å². The van der Waals surface area contributed by atoms with Crippen molar-refractivity contribution in [2.45, 2.75) is 39.2 Å². The lowest BCUT2D eigenvalue weighted by atomic mass is 9.94. The molecule has 1 N–H and O–H groups in total. The molecule has 0 radical (unpaired) electrons. The van der Waals surface area contributed by atoms with Gasteiger partial charge in [-0.25, -0.2) is 0 Å². The number of nitrogens with one attached hydrogen (secondary N) is 1. The molecule has 0 aliphatic carbocycles. The topological polar surface area (TPSA) is 12.0 Å². The summed E-state index contributed by atoms with van der Waals surface area (Å²) in [5.74, 6) is 0.959. The fourth-order valence-corrected chi connectivity index (χ4v) is 1.41. The Bertz CT molecular complexity index is 77.3. The Morgan fingerprint density at radius 3 is 2.78 bits per heavy atom. The summed E-state index contributed by atoms with van der Waals surface area (Å²) in [7, 11) is 0. The first-order chi connectivity index (χ1) is 4.33. The van der Waals surface area contributed by atoms with Gasteiger partial charge in [-0.15, -0.1) is 0 Å². The van der Waals surface area contributed by atoms with Crippen LogP contribution in [0.3, 0.4) is 0 Å². The molecule has 1 saturated heterocycles. The van der Waals surface area contributed by atoms with Crippen LogP contribution in [0.15, 0.2) is 0 Å². The summed E-state index contributed by atoms with van der Waals surface area (Å²) in [4.78, 5) is 0. The lowest BCUT2D eigenvalue weighted by Crippen LogP contribution is -2.36. The van der Waals surface area contributed by atoms with E-state index in [4.69, 9.17) is 0 Å². The smallest absolute Gasteiger partial charge is 0.00389 e. The number of rotatable bonds is 1. The van der Waals surface area contributed by atoms with Crippen molar-refractivity contribution in [1.82, 2.24) is 5.32 Å². The Kier molecular flexibility index (Phi) is 2.52. The van der Waals surface area contributed by atoms with E-state index in [0.717, 1.165) is 12.0 Å². The molecule has 1 fully saturated rings. The Morgan fingerprint density at radius 2 is 2.33 bits per heavy atom. The van der Waals surface area contributed by atoms with Crippen LogP contribution >= 0.6 is 0 Å². The Morgan fingerprint density at radius 1 is 1.56 bits per heavy atom. The average Bonchev–Trinajstić information content (AvgIpc) is 1.90. The second-order valence-electron chi connectivity index (χ2n) is 3.16. The summed E-state index contributed by atoms with van der Waals surface area (Å²) in [5.41, 5.74) is 0. The van der Waals surface area contributed by atoms with Crippen LogP contribution in [0.1, 0.15) is 34.5 Å². The van der Waals surface area contributed by atoms with Crippen LogP contribution in [-0.2, 0) is 0 Å². The minimum absolute atomic E-state index is 0. The molecule has 0 saturated carbocycles. The van der Waals surface area contributed by atoms with Crippen molar-refractivity contribution in [3.63, 3.8) is 0 Å². The molecule has 0 aromatic carbocycles. The molecule has 1 nitrogen and oxygen atoms in total. The minimum Gasteiger partial charge on any atom is -0.314 e. The lowest BCUT2D eigenvalue weighted by Gasteiger charge is -2.26. The average molecular weight is 129 g/mol. The van der Waals surface area contributed by atoms with E-state index in [1.807, 2.05) is 0 Å². The first-order valence-electron chi connectivity index (χ1n) is 4.06. The molecule has 56 valence electrons. The van der Waals surface area contributed by atoms with Crippen molar-refractivity contribution in [2.24, 2.45) is 5.92 Å². The lowest BCUT2D eigenvalue weighted by molar-refractivity contribution is 0.317. The van der Waals surface area contributed by atoms with Gasteiger partial charge in [0.25, 0.3) is 0 Å². The predicted molar refractivity (Wildman–Crippen MR) is 42.6 cm³/mol. The van der Waals surface area contributed by atoms with Crippen molar-refractivity contribution < 1.29 is 1.43 Å². The highest BCUT2D eigenvalue weighted by molar-refractivity contribution is 4.73. The molecular formula is C8H19N. The summed E-state index contributed by atoms with van der Waals surface area (Å²) < 4.78 is 0. The first kappa shape index (κ1) is 7.07. The Hall–Kier alpha value is -0.0400. The molecule has 0 aromatic heterocycles. The standard InChI is InChI=1S/C8H17N.H2/c1-3-8-5-4-7(2)9-6-8;/h7-9H,3-6H2,1-2H3;1H/t7-,8-;/m0./s1. The van der Waals surface area contributed by atoms with Crippen molar-refractivity contribution in [2.75, 3.05) is 6.54 Å². The summed E-state index contributed by atoms with van der Waals surface area (Å²) in [6.45, 7) is 5.80. The number of piperidine rings is 1. The molecule has 2 atom stereocenters. The van der Waals surface area contributed by atoms with Gasteiger partial charge in [-0.1, -0.05) is 13.3 Å². The van der Waals surface area contributed by atoms with E-state index in [9.17, 15) is 0 Å². The third kappa shape index (κ3) is 1.98. The van der Waals surface area contributed by atoms with Crippen LogP contribution in [0, 0.1) is 5.92 Å². The van der Waals surface area contributed by atoms with Gasteiger partial charge in [0.15, 0.2) is 0 Å². The predicted octanol–water partition coefficient (Wildman–Crippen LogP) is 2.03. The molecule has 0 amide bonds. The van der Waals surface area contributed by atoms with Crippen LogP contribution < -0.4 is 5.32 Å². The molecule has 1 rings (SSSR count). The molecule has 1 aliphatic rings. The molecule has 9 heavy (non-hydrogen) atoms. The normalized spacial score (nSPS) is 36.7. The number of hydrogen-bond donors (Lipinski definition) is 1. The van der Waals surface area contributed by atoms with E-state index < -0.39 is 0 Å². The number of hydrogen-bond acceptors (Lipinski definition) is 1. The maximum absolute atomic E-state index is 3.48. The summed E-state index contributed by atoms with van der Waals surface area (Å²) >= 11 is 0. The van der Waals surface area contributed by atoms with Gasteiger partial charge in [0.1, 0.15) is 0 Å². The highest BCUT2D eigenvalue weighted by atomic mass is 14.9. The van der Waals surface area contributed by atoms with E-state index in [1.54, 1.807) is 0 Å². The van der Waals surface area contributed by atoms with Gasteiger partial charge in [0.2, 0.25) is 0 Å². The fraction of sp³-hybridized carbons (Fsp3) is 1.00. The molecule has 0 bridgehead atoms. The molecule has 1 aliphatic heterocycles. The van der Waals surface area contributed by atoms with Gasteiger partial charge in [-0.05, 0) is 32.2 Å². The van der Waals surface area contributed by atoms with Gasteiger partial charge in [0.05, 0.1) is 0 Å². The first-order valence-corrected chi connectivity index (χ1v) is 4.06. The van der Waals surface area contributed by atoms with Crippen LogP contribution in [0.4, 0.5) is 0 Å². The zero-order valence-corrected chi connectivity index (χ0v) is 6.48. The molecule has 0 aromatic rings. The van der Waals surface area contributed by atoms with Crippen LogP contribution in [0.2, 0.25) is 0 Å². The Labute approximate surface area is 59.3 Å². The fourth-order valence-electron chi connectivity index (χ4n) is 1.41. The quantitative estimate of drug-likeness (QED) is 0.571. The van der Waals surface area contributed by atoms with Crippen molar-refractivity contribution in [3.05, 3.63) is 0 Å². The van der Waals surface area contributed by atoms with Gasteiger partial charge in [-0.3, -0.25) is 0 Å². The van der Waals surface area contributed by atoms with Gasteiger partial charge >= 0.3 is 0 Å². The minimum atomic E-state index is 0. The summed E-state index contributed by atoms with van der Waals surface area (Å²) in [5, 5.41) is 3.48. The molecule has 1 heteroatoms. The van der Waals surface area contributed by atoms with E-state index in [-0.39, 0.29) is 1.43 Å². The summed E-state index contributed by atoms with van der Waals surface area (Å²) in [6.07, 6.45) is 4.16. The van der Waals surface area contributed by atoms with Gasteiger partial charge in [0, 0.05) is 7.47 Å². The summed E-state index contributed by atoms with van der Waals surface area (Å²) in [6, 6.07) is 0.771. The van der Waals surface area contributed by atoms with E-state index >= 15 is 0 Å². The van der Waals surface area contributed by atoms with Crippen LogP contribution in [0.5, 0.6) is 0 Å². The zero-order chi connectivity index (χ0) is 6.69. The third-order valence-electron chi connectivity index (χ3n) is 2.34. The van der Waals surface area contributed by atoms with E-state index in [1.165, 1.54) is 25.8 Å². The highest BCUT2D eigenvalue weighted by Crippen LogP contribution is 2.16. The van der Waals surface area contributed by atoms with Crippen LogP contribution in [-0.4, -0.2) is 12.6 Å². The maximum Gasteiger partial charge on any atom is 0.00389 e. The van der Waals surface area contributed by atoms with Gasteiger partial charge in [-0.2, -0.15) is 0 Å². The molecular weight excluding hydrogens is 110 g/mol. The SMILES string of the molecule is CC[C@H]1CC[C@H](C)NC1.[HH]. The van der Waals surface area contributed by atoms with E-state index in [0.29, 0.717) is 0 Å². The van der Waals surface area contributed by atoms with Gasteiger partial charge < -0.3 is 5.32 Å². The monoisotopic (exact) mass is 129 g/mol. The maximum atomic E-state index is 3.48. The highest BCUT2D eigenvalue weighted by Gasteiger charge is 2.14. The largest absolute Gasteiger partial charge is 0.314 e. The second-order valence-corrected chi connectivity index (χ2v) is 3.16. The van der Waals surface area contributed by atoms with E-state index in [2.05, 4.69) is 19.2 Å². The Balaban J connectivity index is 0.000000810. The molecule has 0 spiro atoms. The molecule has 0 unspecified atom stereocenters. The van der Waals surface area contributed by atoms with Crippen molar-refractivity contribution >= 4 is 0 Å². The second kappa shape index (κ2) is 3.21.